The monoisotopic (exact) mass is 380 g/mol. The number of nitrogens with zero attached hydrogens (tertiary/aromatic N) is 4. The van der Waals surface area contributed by atoms with E-state index >= 15 is 0 Å². The molecule has 3 heterocycles. The summed E-state index contributed by atoms with van der Waals surface area (Å²) >= 11 is 0. The highest BCUT2D eigenvalue weighted by molar-refractivity contribution is 7.91. The van der Waals surface area contributed by atoms with Crippen molar-refractivity contribution >= 4 is 9.84 Å². The van der Waals surface area contributed by atoms with Crippen LogP contribution in [0.4, 0.5) is 0 Å². The SMILES string of the molecule is CCCn1ncc(CN2CCN(CC=C(C)C)[C@H]3CS(=O)(=O)C[C@H]32)c1C. The lowest BCUT2D eigenvalue weighted by atomic mass is 10.0. The summed E-state index contributed by atoms with van der Waals surface area (Å²) in [7, 11) is -2.96. The van der Waals surface area contributed by atoms with Gasteiger partial charge in [-0.3, -0.25) is 14.5 Å². The van der Waals surface area contributed by atoms with Crippen LogP contribution in [0.5, 0.6) is 0 Å². The maximum Gasteiger partial charge on any atom is 0.153 e. The zero-order valence-electron chi connectivity index (χ0n) is 16.5. The average molecular weight is 381 g/mol. The maximum atomic E-state index is 12.3. The minimum Gasteiger partial charge on any atom is -0.293 e. The summed E-state index contributed by atoms with van der Waals surface area (Å²) in [5.41, 5.74) is 3.71. The Kier molecular flexibility index (Phi) is 5.89. The van der Waals surface area contributed by atoms with Crippen LogP contribution < -0.4 is 0 Å². The van der Waals surface area contributed by atoms with Gasteiger partial charge in [0.2, 0.25) is 0 Å². The summed E-state index contributed by atoms with van der Waals surface area (Å²) in [6, 6.07) is 0.198. The second kappa shape index (κ2) is 7.82. The number of allylic oxidation sites excluding steroid dienone is 1. The first-order chi connectivity index (χ1) is 12.3. The third-order valence-corrected chi connectivity index (χ3v) is 7.35. The van der Waals surface area contributed by atoms with Gasteiger partial charge in [0.05, 0.1) is 17.7 Å². The molecule has 0 saturated carbocycles. The topological polar surface area (TPSA) is 58.4 Å². The molecule has 0 spiro atoms. The molecule has 0 radical (unpaired) electrons. The molecule has 0 bridgehead atoms. The number of piperazine rings is 1. The third kappa shape index (κ3) is 4.21. The van der Waals surface area contributed by atoms with E-state index in [0.717, 1.165) is 39.1 Å². The molecule has 2 fully saturated rings. The molecule has 146 valence electrons. The van der Waals surface area contributed by atoms with Gasteiger partial charge in [-0.15, -0.1) is 0 Å². The summed E-state index contributed by atoms with van der Waals surface area (Å²) in [6.45, 7) is 12.9. The first-order valence-electron chi connectivity index (χ1n) is 9.64. The minimum absolute atomic E-state index is 0.0910. The molecule has 0 aliphatic carbocycles. The van der Waals surface area contributed by atoms with Crippen LogP contribution in [0.1, 0.15) is 38.4 Å². The first-order valence-corrected chi connectivity index (χ1v) is 11.5. The van der Waals surface area contributed by atoms with Crippen molar-refractivity contribution in [2.24, 2.45) is 0 Å². The first kappa shape index (κ1) is 19.6. The van der Waals surface area contributed by atoms with E-state index in [-0.39, 0.29) is 17.8 Å². The van der Waals surface area contributed by atoms with Crippen LogP contribution >= 0.6 is 0 Å². The molecule has 1 aromatic heterocycles. The Morgan fingerprint density at radius 3 is 2.54 bits per heavy atom. The van der Waals surface area contributed by atoms with Crippen LogP contribution in [-0.4, -0.2) is 71.2 Å². The van der Waals surface area contributed by atoms with E-state index in [1.807, 2.05) is 6.20 Å². The minimum atomic E-state index is -2.96. The Morgan fingerprint density at radius 2 is 1.88 bits per heavy atom. The molecule has 2 aliphatic rings. The number of aromatic nitrogens is 2. The number of hydrogen-bond acceptors (Lipinski definition) is 5. The van der Waals surface area contributed by atoms with Crippen LogP contribution in [0, 0.1) is 6.92 Å². The fraction of sp³-hybridized carbons (Fsp3) is 0.737. The van der Waals surface area contributed by atoms with E-state index in [4.69, 9.17) is 0 Å². The number of hydrogen-bond donors (Lipinski definition) is 0. The van der Waals surface area contributed by atoms with Crippen molar-refractivity contribution < 1.29 is 8.42 Å². The molecule has 1 aromatic rings. The number of fused-ring (bicyclic) bond motifs is 1. The number of rotatable bonds is 6. The lowest BCUT2D eigenvalue weighted by Crippen LogP contribution is -2.58. The summed E-state index contributed by atoms with van der Waals surface area (Å²) < 4.78 is 26.8. The molecule has 2 atom stereocenters. The van der Waals surface area contributed by atoms with Gasteiger partial charge in [-0.1, -0.05) is 18.6 Å². The predicted molar refractivity (Wildman–Crippen MR) is 105 cm³/mol. The Balaban J connectivity index is 1.76. The van der Waals surface area contributed by atoms with Crippen LogP contribution in [0.3, 0.4) is 0 Å². The van der Waals surface area contributed by atoms with Gasteiger partial charge in [-0.05, 0) is 27.2 Å². The molecule has 0 N–H and O–H groups in total. The summed E-state index contributed by atoms with van der Waals surface area (Å²) in [5, 5.41) is 4.50. The molecule has 2 aliphatic heterocycles. The van der Waals surface area contributed by atoms with Crippen LogP contribution in [-0.2, 0) is 22.9 Å². The van der Waals surface area contributed by atoms with Gasteiger partial charge in [0, 0.05) is 56.1 Å². The molecule has 0 aromatic carbocycles. The zero-order valence-corrected chi connectivity index (χ0v) is 17.3. The Hall–Kier alpha value is -1.18. The number of aryl methyl sites for hydroxylation is 1. The molecule has 26 heavy (non-hydrogen) atoms. The standard InChI is InChI=1S/C19H32N4O2S/c1-5-7-23-16(4)17(11-20-23)12-22-10-9-21(8-6-15(2)3)18-13-26(24,25)14-19(18)22/h6,11,18-19H,5,7-10,12-14H2,1-4H3/t18-,19+/m0/s1. The van der Waals surface area contributed by atoms with E-state index in [2.05, 4.69) is 53.4 Å². The fourth-order valence-corrected chi connectivity index (χ4v) is 6.16. The van der Waals surface area contributed by atoms with Gasteiger partial charge < -0.3 is 0 Å². The van der Waals surface area contributed by atoms with Gasteiger partial charge in [-0.25, -0.2) is 8.42 Å². The highest BCUT2D eigenvalue weighted by Crippen LogP contribution is 2.28. The Bertz CT molecular complexity index is 765. The van der Waals surface area contributed by atoms with Gasteiger partial charge in [0.1, 0.15) is 0 Å². The second-order valence-electron chi connectivity index (χ2n) is 7.94. The molecular formula is C19H32N4O2S. The molecular weight excluding hydrogens is 348 g/mol. The largest absolute Gasteiger partial charge is 0.293 e. The molecule has 3 rings (SSSR count). The van der Waals surface area contributed by atoms with Crippen molar-refractivity contribution in [3.63, 3.8) is 0 Å². The van der Waals surface area contributed by atoms with Crippen LogP contribution in [0.25, 0.3) is 0 Å². The fourth-order valence-electron chi connectivity index (χ4n) is 4.12. The van der Waals surface area contributed by atoms with Crippen molar-refractivity contribution in [1.29, 1.82) is 0 Å². The molecule has 0 amide bonds. The molecule has 2 saturated heterocycles. The lowest BCUT2D eigenvalue weighted by Gasteiger charge is -2.43. The quantitative estimate of drug-likeness (QED) is 0.705. The van der Waals surface area contributed by atoms with Crippen molar-refractivity contribution in [1.82, 2.24) is 19.6 Å². The Morgan fingerprint density at radius 1 is 1.23 bits per heavy atom. The van der Waals surface area contributed by atoms with Crippen LogP contribution in [0.15, 0.2) is 17.8 Å². The van der Waals surface area contributed by atoms with Gasteiger partial charge in [0.25, 0.3) is 0 Å². The molecule has 0 unspecified atom stereocenters. The lowest BCUT2D eigenvalue weighted by molar-refractivity contribution is 0.0476. The summed E-state index contributed by atoms with van der Waals surface area (Å²) in [4.78, 5) is 4.72. The van der Waals surface area contributed by atoms with Gasteiger partial charge in [0.15, 0.2) is 9.84 Å². The van der Waals surface area contributed by atoms with E-state index < -0.39 is 9.84 Å². The van der Waals surface area contributed by atoms with Crippen molar-refractivity contribution in [2.75, 3.05) is 31.1 Å². The van der Waals surface area contributed by atoms with Crippen LogP contribution in [0.2, 0.25) is 0 Å². The van der Waals surface area contributed by atoms with Gasteiger partial charge in [-0.2, -0.15) is 5.10 Å². The van der Waals surface area contributed by atoms with Crippen molar-refractivity contribution in [3.8, 4) is 0 Å². The Labute approximate surface area is 157 Å². The summed E-state index contributed by atoms with van der Waals surface area (Å²) in [5.74, 6) is 0.573. The van der Waals surface area contributed by atoms with E-state index in [1.54, 1.807) is 0 Å². The second-order valence-corrected chi connectivity index (χ2v) is 10.1. The normalized spacial score (nSPS) is 26.0. The zero-order chi connectivity index (χ0) is 18.9. The number of sulfone groups is 1. The predicted octanol–water partition coefficient (Wildman–Crippen LogP) is 1.85. The van der Waals surface area contributed by atoms with E-state index in [0.29, 0.717) is 5.75 Å². The van der Waals surface area contributed by atoms with Crippen molar-refractivity contribution in [3.05, 3.63) is 29.1 Å². The molecule has 7 heteroatoms. The third-order valence-electron chi connectivity index (χ3n) is 5.65. The van der Waals surface area contributed by atoms with E-state index in [9.17, 15) is 8.42 Å². The smallest absolute Gasteiger partial charge is 0.153 e. The molecule has 6 nitrogen and oxygen atoms in total. The summed E-state index contributed by atoms with van der Waals surface area (Å²) in [6.07, 6.45) is 5.23. The maximum absolute atomic E-state index is 12.3. The highest BCUT2D eigenvalue weighted by atomic mass is 32.2. The van der Waals surface area contributed by atoms with E-state index in [1.165, 1.54) is 16.8 Å². The van der Waals surface area contributed by atoms with Crippen molar-refractivity contribution in [2.45, 2.75) is 59.3 Å². The average Bonchev–Trinajstić information content (AvgIpc) is 3.07. The van der Waals surface area contributed by atoms with Gasteiger partial charge >= 0.3 is 0 Å². The highest BCUT2D eigenvalue weighted by Gasteiger charge is 2.46.